The Morgan fingerprint density at radius 2 is 1.26 bits per heavy atom. The number of nitrogens with zero attached hydrogens (tertiary/aromatic N) is 2. The number of hydrogen-bond acceptors (Lipinski definition) is 6. The number of anilines is 1. The Hall–Kier alpha value is -5.88. The molecule has 7 N–H and O–H groups in total. The Bertz CT molecular complexity index is 2820. The molecule has 1 amide bonds. The van der Waals surface area contributed by atoms with E-state index in [4.69, 9.17) is 57.2 Å². The van der Waals surface area contributed by atoms with Crippen LogP contribution in [0, 0.1) is 0 Å². The average Bonchev–Trinajstić information content (AvgIpc) is 3.88. The quantitative estimate of drug-likeness (QED) is 0.0618. The van der Waals surface area contributed by atoms with E-state index >= 15 is 0 Å². The van der Waals surface area contributed by atoms with Gasteiger partial charge in [0.1, 0.15) is 11.6 Å². The smallest absolute Gasteiger partial charge is 0.335 e. The molecule has 1 aliphatic rings. The number of nitrogens with two attached hydrogens (primary N) is 1. The van der Waals surface area contributed by atoms with Crippen LogP contribution in [-0.2, 0) is 12.8 Å². The summed E-state index contributed by atoms with van der Waals surface area (Å²) in [6.45, 7) is 0.646. The summed E-state index contributed by atoms with van der Waals surface area (Å²) in [6, 6.07) is 36.8. The van der Waals surface area contributed by atoms with E-state index in [-0.39, 0.29) is 17.6 Å². The number of H-pyrrole nitrogens is 2. The first-order valence-electron chi connectivity index (χ1n) is 19.9. The van der Waals surface area contributed by atoms with Gasteiger partial charge in [-0.1, -0.05) is 94.9 Å². The van der Waals surface area contributed by atoms with Crippen LogP contribution in [0.2, 0.25) is 20.1 Å². The topological polar surface area (TPSA) is 170 Å². The number of aromatic nitrogens is 4. The minimum Gasteiger partial charge on any atom is -0.478 e. The zero-order valence-electron chi connectivity index (χ0n) is 33.3. The van der Waals surface area contributed by atoms with E-state index in [2.05, 4.69) is 37.4 Å². The molecule has 1 atom stereocenters. The molecule has 0 bridgehead atoms. The maximum Gasteiger partial charge on any atom is 0.335 e. The summed E-state index contributed by atoms with van der Waals surface area (Å²) in [7, 11) is 0. The molecule has 316 valence electrons. The van der Waals surface area contributed by atoms with Crippen molar-refractivity contribution in [3.8, 4) is 22.8 Å². The Kier molecular flexibility index (Phi) is 14.5. The van der Waals surface area contributed by atoms with E-state index < -0.39 is 5.97 Å². The van der Waals surface area contributed by atoms with Crippen molar-refractivity contribution in [2.45, 2.75) is 44.6 Å². The Morgan fingerprint density at radius 3 is 1.84 bits per heavy atom. The van der Waals surface area contributed by atoms with Crippen LogP contribution in [0.3, 0.4) is 0 Å². The lowest BCUT2D eigenvalue weighted by Crippen LogP contribution is -2.24. The first-order valence-corrected chi connectivity index (χ1v) is 21.5. The molecular formula is C48H42Cl4N6O4. The number of aliphatic hydroxyl groups is 1. The minimum atomic E-state index is -0.987. The molecule has 6 aromatic carbocycles. The SMILES string of the molecule is Nc1ccc2c(c1)C(O)CCC2.O=C(NCCCCc1ccccc1)c1ccc2nc(-c3c(Cl)cccc3Cl)[nH]c2c1.O=C(O)c1ccc2nc(-c3c(Cl)cccc3Cl)[nH]c2c1. The van der Waals surface area contributed by atoms with Crippen molar-refractivity contribution in [3.63, 3.8) is 0 Å². The standard InChI is InChI=1S/C24H21Cl2N3O.C14H8Cl2N2O2.C10H13NO/c25-18-10-6-11-19(26)22(18)23-28-20-13-12-17(15-21(20)29-23)24(30)27-14-5-4-9-16-7-2-1-3-8-16;15-8-2-1-3-9(16)12(8)13-17-10-5-4-7(14(19)20)6-11(10)18-13;11-8-5-4-7-2-1-3-10(12)9(7)6-8/h1-3,6-8,10-13,15H,4-5,9,14H2,(H,27,30)(H,28,29);1-6H,(H,17,18)(H,19,20);4-6,10,12H,1-3,11H2. The van der Waals surface area contributed by atoms with E-state index in [0.29, 0.717) is 66.0 Å². The number of nitrogens with one attached hydrogen (secondary N) is 3. The average molecular weight is 909 g/mol. The Morgan fingerprint density at radius 1 is 0.694 bits per heavy atom. The normalized spacial score (nSPS) is 13.1. The molecule has 1 aliphatic carbocycles. The monoisotopic (exact) mass is 906 g/mol. The molecule has 10 nitrogen and oxygen atoms in total. The van der Waals surface area contributed by atoms with Crippen LogP contribution in [-0.4, -0.2) is 48.6 Å². The van der Waals surface area contributed by atoms with Crippen LogP contribution in [0.25, 0.3) is 44.8 Å². The van der Waals surface area contributed by atoms with Crippen molar-refractivity contribution in [2.75, 3.05) is 12.3 Å². The van der Waals surface area contributed by atoms with Crippen molar-refractivity contribution in [3.05, 3.63) is 169 Å². The third kappa shape index (κ3) is 10.8. The van der Waals surface area contributed by atoms with Gasteiger partial charge in [-0.25, -0.2) is 14.8 Å². The van der Waals surface area contributed by atoms with Gasteiger partial charge >= 0.3 is 5.97 Å². The summed E-state index contributed by atoms with van der Waals surface area (Å²) >= 11 is 24.8. The second-order valence-corrected chi connectivity index (χ2v) is 16.3. The Balaban J connectivity index is 0.000000154. The minimum absolute atomic E-state index is 0.0939. The van der Waals surface area contributed by atoms with E-state index in [1.54, 1.807) is 54.6 Å². The number of carbonyl (C=O) groups excluding carboxylic acids is 1. The molecule has 0 spiro atoms. The molecule has 0 radical (unpaired) electrons. The summed E-state index contributed by atoms with van der Waals surface area (Å²) in [4.78, 5) is 38.7. The number of imidazole rings is 2. The lowest BCUT2D eigenvalue weighted by atomic mass is 9.89. The molecular weight excluding hydrogens is 866 g/mol. The third-order valence-corrected chi connectivity index (χ3v) is 11.6. The summed E-state index contributed by atoms with van der Waals surface area (Å²) in [5, 5.41) is 23.6. The van der Waals surface area contributed by atoms with Gasteiger partial charge in [0.25, 0.3) is 5.91 Å². The molecule has 8 aromatic rings. The number of fused-ring (bicyclic) bond motifs is 3. The number of benzene rings is 6. The summed E-state index contributed by atoms with van der Waals surface area (Å²) in [6.07, 6.45) is 5.72. The second-order valence-electron chi connectivity index (χ2n) is 14.7. The highest BCUT2D eigenvalue weighted by Gasteiger charge is 2.18. The fourth-order valence-corrected chi connectivity index (χ4v) is 8.33. The number of aliphatic hydroxyl groups excluding tert-OH is 1. The number of amides is 1. The van der Waals surface area contributed by atoms with Crippen molar-refractivity contribution < 1.29 is 19.8 Å². The largest absolute Gasteiger partial charge is 0.478 e. The number of carbonyl (C=O) groups is 2. The number of aromatic amines is 2. The van der Waals surface area contributed by atoms with Gasteiger partial charge in [0.2, 0.25) is 0 Å². The predicted molar refractivity (Wildman–Crippen MR) is 251 cm³/mol. The van der Waals surface area contributed by atoms with Crippen molar-refractivity contribution in [1.29, 1.82) is 0 Å². The molecule has 0 aliphatic heterocycles. The maximum atomic E-state index is 12.5. The molecule has 2 heterocycles. The summed E-state index contributed by atoms with van der Waals surface area (Å²) in [5.41, 5.74) is 14.8. The molecule has 0 fully saturated rings. The second kappa shape index (κ2) is 20.3. The highest BCUT2D eigenvalue weighted by Crippen LogP contribution is 2.35. The summed E-state index contributed by atoms with van der Waals surface area (Å²) < 4.78 is 0. The van der Waals surface area contributed by atoms with Gasteiger partial charge in [0, 0.05) is 17.8 Å². The number of aromatic carboxylic acids is 1. The number of halogens is 4. The lowest BCUT2D eigenvalue weighted by molar-refractivity contribution is 0.0696. The molecule has 14 heteroatoms. The van der Waals surface area contributed by atoms with Gasteiger partial charge in [-0.2, -0.15) is 0 Å². The van der Waals surface area contributed by atoms with E-state index in [1.165, 1.54) is 23.3 Å². The fourth-order valence-electron chi connectivity index (χ4n) is 7.17. The maximum absolute atomic E-state index is 12.5. The highest BCUT2D eigenvalue weighted by atomic mass is 35.5. The number of nitrogen functional groups attached to an aromatic ring is 1. The molecule has 62 heavy (non-hydrogen) atoms. The lowest BCUT2D eigenvalue weighted by Gasteiger charge is -2.21. The first kappa shape index (κ1) is 44.2. The van der Waals surface area contributed by atoms with Crippen LogP contribution >= 0.6 is 46.4 Å². The van der Waals surface area contributed by atoms with Gasteiger partial charge in [0.15, 0.2) is 0 Å². The number of hydrogen-bond donors (Lipinski definition) is 6. The van der Waals surface area contributed by atoms with Gasteiger partial charge in [-0.15, -0.1) is 0 Å². The van der Waals surface area contributed by atoms with Crippen LogP contribution in [0.1, 0.15) is 69.2 Å². The first-order chi connectivity index (χ1) is 29.9. The van der Waals surface area contributed by atoms with E-state index in [1.807, 2.05) is 42.5 Å². The van der Waals surface area contributed by atoms with Gasteiger partial charge in [0.05, 0.1) is 65.0 Å². The molecule has 0 saturated carbocycles. The Labute approximate surface area is 378 Å². The van der Waals surface area contributed by atoms with E-state index in [0.717, 1.165) is 60.8 Å². The predicted octanol–water partition coefficient (Wildman–Crippen LogP) is 12.2. The van der Waals surface area contributed by atoms with Crippen molar-refractivity contribution >= 4 is 86.0 Å². The zero-order valence-corrected chi connectivity index (χ0v) is 36.3. The number of aryl methyl sites for hydroxylation is 2. The van der Waals surface area contributed by atoms with Crippen molar-refractivity contribution in [2.24, 2.45) is 0 Å². The van der Waals surface area contributed by atoms with Crippen LogP contribution in [0.4, 0.5) is 5.69 Å². The van der Waals surface area contributed by atoms with Crippen LogP contribution in [0.5, 0.6) is 0 Å². The molecule has 0 saturated heterocycles. The fraction of sp³-hybridized carbons (Fsp3) is 0.167. The summed E-state index contributed by atoms with van der Waals surface area (Å²) in [5.74, 6) is 0.0135. The van der Waals surface area contributed by atoms with Gasteiger partial charge in [-0.05, 0) is 128 Å². The number of carboxylic acid groups (broad SMARTS) is 1. The van der Waals surface area contributed by atoms with Crippen LogP contribution in [0.15, 0.2) is 121 Å². The third-order valence-electron chi connectivity index (χ3n) is 10.3. The number of unbranched alkanes of at least 4 members (excludes halogenated alkanes) is 1. The van der Waals surface area contributed by atoms with Gasteiger partial charge < -0.3 is 31.2 Å². The van der Waals surface area contributed by atoms with Crippen LogP contribution < -0.4 is 11.1 Å². The van der Waals surface area contributed by atoms with Crippen molar-refractivity contribution in [1.82, 2.24) is 25.3 Å². The number of carboxylic acids is 1. The highest BCUT2D eigenvalue weighted by molar-refractivity contribution is 6.39. The zero-order chi connectivity index (χ0) is 43.8. The number of rotatable bonds is 9. The molecule has 2 aromatic heterocycles. The molecule has 9 rings (SSSR count). The molecule has 1 unspecified atom stereocenters. The van der Waals surface area contributed by atoms with Gasteiger partial charge in [-0.3, -0.25) is 4.79 Å². The van der Waals surface area contributed by atoms with E-state index in [9.17, 15) is 14.7 Å².